The summed E-state index contributed by atoms with van der Waals surface area (Å²) in [6.45, 7) is 4.72. The zero-order valence-corrected chi connectivity index (χ0v) is 15.9. The van der Waals surface area contributed by atoms with Gasteiger partial charge in [-0.2, -0.15) is 0 Å². The molecule has 0 aliphatic carbocycles. The van der Waals surface area contributed by atoms with Crippen molar-refractivity contribution in [3.05, 3.63) is 63.2 Å². The van der Waals surface area contributed by atoms with E-state index in [0.29, 0.717) is 0 Å². The number of nitro groups is 1. The Bertz CT molecular complexity index is 829. The molecule has 0 aromatic heterocycles. The van der Waals surface area contributed by atoms with Crippen molar-refractivity contribution in [3.63, 3.8) is 0 Å². The number of hydrogen-bond acceptors (Lipinski definition) is 6. The van der Waals surface area contributed by atoms with E-state index in [1.807, 2.05) is 0 Å². The van der Waals surface area contributed by atoms with Gasteiger partial charge in [-0.3, -0.25) is 10.1 Å². The molecule has 2 aromatic carbocycles. The van der Waals surface area contributed by atoms with Gasteiger partial charge in [-0.1, -0.05) is 29.8 Å². The molecule has 0 bridgehead atoms. The number of likely N-dealkylation sites (tertiary alicyclic amines) is 1. The molecule has 1 heterocycles. The van der Waals surface area contributed by atoms with E-state index in [0.717, 1.165) is 45.0 Å². The first kappa shape index (κ1) is 20.1. The number of benzene rings is 2. The lowest BCUT2D eigenvalue weighted by Crippen LogP contribution is -2.36. The fourth-order valence-corrected chi connectivity index (χ4v) is 3.74. The molecule has 150 valence electrons. The summed E-state index contributed by atoms with van der Waals surface area (Å²) in [6.07, 6.45) is 1.60. The quantitative estimate of drug-likeness (QED) is 0.399. The van der Waals surface area contributed by atoms with Crippen LogP contribution in [0.2, 0.25) is 0 Å². The molecule has 0 saturated carbocycles. The van der Waals surface area contributed by atoms with Crippen LogP contribution in [0.4, 0.5) is 5.69 Å². The van der Waals surface area contributed by atoms with Gasteiger partial charge in [0, 0.05) is 12.6 Å². The second kappa shape index (κ2) is 8.58. The standard InChI is InChI=1S/C21H26N2O5/c1-14-2-4-15(5-3-14)6-9-22-10-7-16(8-11-22)20(25)17-12-18(23(27)28)21(26)19(24)13-17/h2-5,12-13,16,20,24-26H,6-11H2,1H3. The monoisotopic (exact) mass is 386 g/mol. The van der Waals surface area contributed by atoms with Crippen molar-refractivity contribution in [1.29, 1.82) is 0 Å². The molecule has 2 aromatic rings. The molecule has 1 saturated heterocycles. The Hall–Kier alpha value is -2.64. The molecular formula is C21H26N2O5. The van der Waals surface area contributed by atoms with Crippen molar-refractivity contribution < 1.29 is 20.2 Å². The summed E-state index contributed by atoms with van der Waals surface area (Å²) in [6, 6.07) is 10.9. The second-order valence-corrected chi connectivity index (χ2v) is 7.52. The van der Waals surface area contributed by atoms with E-state index >= 15 is 0 Å². The van der Waals surface area contributed by atoms with Crippen molar-refractivity contribution in [2.24, 2.45) is 5.92 Å². The smallest absolute Gasteiger partial charge is 0.315 e. The molecule has 1 atom stereocenters. The Labute approximate surface area is 164 Å². The highest BCUT2D eigenvalue weighted by Crippen LogP contribution is 2.40. The van der Waals surface area contributed by atoms with Gasteiger partial charge in [0.2, 0.25) is 5.75 Å². The summed E-state index contributed by atoms with van der Waals surface area (Å²) >= 11 is 0. The van der Waals surface area contributed by atoms with Crippen LogP contribution in [0.5, 0.6) is 11.5 Å². The van der Waals surface area contributed by atoms with E-state index in [-0.39, 0.29) is 11.5 Å². The fraction of sp³-hybridized carbons (Fsp3) is 0.429. The third-order valence-corrected chi connectivity index (χ3v) is 5.55. The van der Waals surface area contributed by atoms with Gasteiger partial charge in [-0.15, -0.1) is 0 Å². The van der Waals surface area contributed by atoms with Crippen LogP contribution in [-0.2, 0) is 6.42 Å². The van der Waals surface area contributed by atoms with E-state index in [9.17, 15) is 25.4 Å². The highest BCUT2D eigenvalue weighted by atomic mass is 16.6. The molecule has 1 aliphatic heterocycles. The lowest BCUT2D eigenvalue weighted by Gasteiger charge is -2.34. The molecule has 1 aliphatic rings. The number of aromatic hydroxyl groups is 2. The molecule has 0 spiro atoms. The maximum absolute atomic E-state index is 11.0. The summed E-state index contributed by atoms with van der Waals surface area (Å²) in [4.78, 5) is 12.6. The minimum absolute atomic E-state index is 0.0424. The largest absolute Gasteiger partial charge is 0.504 e. The van der Waals surface area contributed by atoms with E-state index in [1.165, 1.54) is 17.2 Å². The maximum atomic E-state index is 11.0. The van der Waals surface area contributed by atoms with Gasteiger partial charge in [0.05, 0.1) is 11.0 Å². The van der Waals surface area contributed by atoms with Crippen molar-refractivity contribution in [2.45, 2.75) is 32.3 Å². The highest BCUT2D eigenvalue weighted by Gasteiger charge is 2.29. The van der Waals surface area contributed by atoms with Crippen LogP contribution in [0, 0.1) is 23.0 Å². The SMILES string of the molecule is Cc1ccc(CCN2CCC(C(O)c3cc(O)c(O)c([N+](=O)[O-])c3)CC2)cc1. The predicted molar refractivity (Wildman–Crippen MR) is 105 cm³/mol. The van der Waals surface area contributed by atoms with E-state index < -0.39 is 28.2 Å². The number of phenols is 2. The van der Waals surface area contributed by atoms with E-state index in [1.54, 1.807) is 0 Å². The zero-order chi connectivity index (χ0) is 20.3. The Kier molecular flexibility index (Phi) is 6.16. The minimum Gasteiger partial charge on any atom is -0.504 e. The number of aliphatic hydroxyl groups is 1. The average molecular weight is 386 g/mol. The summed E-state index contributed by atoms with van der Waals surface area (Å²) in [5.41, 5.74) is 2.23. The molecule has 0 radical (unpaired) electrons. The van der Waals surface area contributed by atoms with Crippen LogP contribution in [0.25, 0.3) is 0 Å². The van der Waals surface area contributed by atoms with Crippen LogP contribution in [0.15, 0.2) is 36.4 Å². The molecule has 28 heavy (non-hydrogen) atoms. The summed E-state index contributed by atoms with van der Waals surface area (Å²) in [7, 11) is 0. The first-order valence-corrected chi connectivity index (χ1v) is 9.51. The van der Waals surface area contributed by atoms with E-state index in [2.05, 4.69) is 36.1 Å². The predicted octanol–water partition coefficient (Wildman–Crippen LogP) is 3.30. The first-order chi connectivity index (χ1) is 13.3. The van der Waals surface area contributed by atoms with Gasteiger partial charge in [-0.05, 0) is 62.4 Å². The molecule has 7 heteroatoms. The summed E-state index contributed by atoms with van der Waals surface area (Å²) in [5, 5.41) is 41.0. The van der Waals surface area contributed by atoms with Crippen molar-refractivity contribution in [2.75, 3.05) is 19.6 Å². The number of phenolic OH excluding ortho intramolecular Hbond substituents is 2. The lowest BCUT2D eigenvalue weighted by molar-refractivity contribution is -0.386. The molecule has 0 amide bonds. The lowest BCUT2D eigenvalue weighted by atomic mass is 9.87. The van der Waals surface area contributed by atoms with Gasteiger partial charge in [-0.25, -0.2) is 0 Å². The minimum atomic E-state index is -0.913. The van der Waals surface area contributed by atoms with Crippen LogP contribution in [0.1, 0.15) is 35.6 Å². The van der Waals surface area contributed by atoms with Crippen LogP contribution >= 0.6 is 0 Å². The number of rotatable bonds is 6. The average Bonchev–Trinajstić information content (AvgIpc) is 2.69. The zero-order valence-electron chi connectivity index (χ0n) is 15.9. The molecule has 1 fully saturated rings. The number of aryl methyl sites for hydroxylation is 1. The normalized spacial score (nSPS) is 16.8. The van der Waals surface area contributed by atoms with Crippen LogP contribution in [-0.4, -0.2) is 44.8 Å². The fourth-order valence-electron chi connectivity index (χ4n) is 3.74. The van der Waals surface area contributed by atoms with Crippen molar-refractivity contribution in [3.8, 4) is 11.5 Å². The summed E-state index contributed by atoms with van der Waals surface area (Å²) < 4.78 is 0. The number of hydrogen-bond donors (Lipinski definition) is 3. The molecular weight excluding hydrogens is 360 g/mol. The molecule has 3 N–H and O–H groups in total. The first-order valence-electron chi connectivity index (χ1n) is 9.51. The number of piperidine rings is 1. The Morgan fingerprint density at radius 3 is 2.43 bits per heavy atom. The van der Waals surface area contributed by atoms with Gasteiger partial charge in [0.1, 0.15) is 0 Å². The number of nitrogens with zero attached hydrogens (tertiary/aromatic N) is 2. The van der Waals surface area contributed by atoms with Gasteiger partial charge in [0.15, 0.2) is 5.75 Å². The van der Waals surface area contributed by atoms with Crippen molar-refractivity contribution in [1.82, 2.24) is 4.90 Å². The second-order valence-electron chi connectivity index (χ2n) is 7.52. The molecule has 3 rings (SSSR count). The summed E-state index contributed by atoms with van der Waals surface area (Å²) in [5.74, 6) is -1.40. The number of aliphatic hydroxyl groups excluding tert-OH is 1. The molecule has 7 nitrogen and oxygen atoms in total. The Balaban J connectivity index is 1.57. The van der Waals surface area contributed by atoms with Crippen molar-refractivity contribution >= 4 is 5.69 Å². The third-order valence-electron chi connectivity index (χ3n) is 5.55. The van der Waals surface area contributed by atoms with E-state index in [4.69, 9.17) is 0 Å². The van der Waals surface area contributed by atoms with Crippen LogP contribution < -0.4 is 0 Å². The number of nitro benzene ring substituents is 1. The topological polar surface area (TPSA) is 107 Å². The van der Waals surface area contributed by atoms with Crippen LogP contribution in [0.3, 0.4) is 0 Å². The molecule has 1 unspecified atom stereocenters. The third kappa shape index (κ3) is 4.61. The Morgan fingerprint density at radius 2 is 1.82 bits per heavy atom. The Morgan fingerprint density at radius 1 is 1.18 bits per heavy atom. The van der Waals surface area contributed by atoms with Gasteiger partial charge < -0.3 is 20.2 Å². The van der Waals surface area contributed by atoms with Gasteiger partial charge in [0.25, 0.3) is 0 Å². The van der Waals surface area contributed by atoms with Gasteiger partial charge >= 0.3 is 5.69 Å². The highest BCUT2D eigenvalue weighted by molar-refractivity contribution is 5.56. The maximum Gasteiger partial charge on any atom is 0.315 e.